The summed E-state index contributed by atoms with van der Waals surface area (Å²) in [4.78, 5) is -0.319. The van der Waals surface area contributed by atoms with Gasteiger partial charge in [-0.15, -0.1) is 0 Å². The first-order chi connectivity index (χ1) is 11.3. The zero-order chi connectivity index (χ0) is 17.7. The van der Waals surface area contributed by atoms with E-state index >= 15 is 0 Å². The summed E-state index contributed by atoms with van der Waals surface area (Å²) < 4.78 is 52.3. The minimum Gasteiger partial charge on any atom is -0.210 e. The standard InChI is InChI=1S/C15H13Cl2F2NO2S2/c16-12-2-1-3-13(17)11(12)9-23-7-6-20-24(21,22)10-4-5-14(18)15(19)8-10/h1-5,8,20H,6-7,9H2. The Hall–Kier alpha value is -0.860. The van der Waals surface area contributed by atoms with Crippen molar-refractivity contribution in [1.82, 2.24) is 4.72 Å². The van der Waals surface area contributed by atoms with E-state index in [-0.39, 0.29) is 11.4 Å². The number of sulfonamides is 1. The van der Waals surface area contributed by atoms with Crippen LogP contribution >= 0.6 is 35.0 Å². The highest BCUT2D eigenvalue weighted by Gasteiger charge is 2.16. The molecule has 3 nitrogen and oxygen atoms in total. The molecule has 0 heterocycles. The van der Waals surface area contributed by atoms with E-state index in [0.717, 1.165) is 17.7 Å². The molecule has 9 heteroatoms. The summed E-state index contributed by atoms with van der Waals surface area (Å²) in [6.07, 6.45) is 0. The lowest BCUT2D eigenvalue weighted by Gasteiger charge is -2.08. The third kappa shape index (κ3) is 5.07. The van der Waals surface area contributed by atoms with Crippen LogP contribution in [0.3, 0.4) is 0 Å². The number of thioether (sulfide) groups is 1. The van der Waals surface area contributed by atoms with E-state index in [2.05, 4.69) is 4.72 Å². The van der Waals surface area contributed by atoms with Gasteiger partial charge in [0.2, 0.25) is 10.0 Å². The zero-order valence-corrected chi connectivity index (χ0v) is 15.4. The van der Waals surface area contributed by atoms with Crippen molar-refractivity contribution in [1.29, 1.82) is 0 Å². The van der Waals surface area contributed by atoms with Crippen LogP contribution in [0.15, 0.2) is 41.3 Å². The van der Waals surface area contributed by atoms with Crippen molar-refractivity contribution in [3.63, 3.8) is 0 Å². The lowest BCUT2D eigenvalue weighted by molar-refractivity contribution is 0.504. The smallest absolute Gasteiger partial charge is 0.210 e. The molecular weight excluding hydrogens is 399 g/mol. The molecule has 1 N–H and O–H groups in total. The third-order valence-electron chi connectivity index (χ3n) is 3.05. The summed E-state index contributed by atoms with van der Waals surface area (Å²) in [5.41, 5.74) is 0.786. The fourth-order valence-corrected chi connectivity index (χ4v) is 4.59. The maximum Gasteiger partial charge on any atom is 0.240 e. The second-order valence-electron chi connectivity index (χ2n) is 4.73. The molecule has 0 saturated heterocycles. The first-order valence-electron chi connectivity index (χ1n) is 6.76. The van der Waals surface area contributed by atoms with Gasteiger partial charge in [-0.05, 0) is 35.9 Å². The lowest BCUT2D eigenvalue weighted by Crippen LogP contribution is -2.26. The van der Waals surface area contributed by atoms with Crippen molar-refractivity contribution in [2.75, 3.05) is 12.3 Å². The number of benzene rings is 2. The van der Waals surface area contributed by atoms with Crippen molar-refractivity contribution >= 4 is 45.0 Å². The Morgan fingerprint density at radius 2 is 1.71 bits per heavy atom. The Morgan fingerprint density at radius 3 is 2.33 bits per heavy atom. The quantitative estimate of drug-likeness (QED) is 0.682. The van der Waals surface area contributed by atoms with E-state index in [1.807, 2.05) is 0 Å². The van der Waals surface area contributed by atoms with Gasteiger partial charge in [-0.3, -0.25) is 0 Å². The van der Waals surface area contributed by atoms with Gasteiger partial charge >= 0.3 is 0 Å². The predicted octanol–water partition coefficient (Wildman–Crippen LogP) is 4.48. The minimum atomic E-state index is -3.88. The van der Waals surface area contributed by atoms with Crippen LogP contribution in [0.1, 0.15) is 5.56 Å². The van der Waals surface area contributed by atoms with E-state index in [1.165, 1.54) is 11.8 Å². The molecule has 0 unspecified atom stereocenters. The lowest BCUT2D eigenvalue weighted by atomic mass is 10.2. The Bertz CT molecular complexity index is 812. The highest BCUT2D eigenvalue weighted by atomic mass is 35.5. The monoisotopic (exact) mass is 411 g/mol. The van der Waals surface area contributed by atoms with Crippen LogP contribution in [0.25, 0.3) is 0 Å². The normalized spacial score (nSPS) is 11.7. The van der Waals surface area contributed by atoms with E-state index in [0.29, 0.717) is 27.6 Å². The van der Waals surface area contributed by atoms with Gasteiger partial charge in [0.1, 0.15) is 0 Å². The summed E-state index contributed by atoms with van der Waals surface area (Å²) in [6.45, 7) is 0.133. The van der Waals surface area contributed by atoms with Crippen LogP contribution in [-0.2, 0) is 15.8 Å². The Balaban J connectivity index is 1.86. The molecule has 0 saturated carbocycles. The molecule has 0 aliphatic carbocycles. The molecule has 2 rings (SSSR count). The van der Waals surface area contributed by atoms with Crippen molar-refractivity contribution < 1.29 is 17.2 Å². The number of nitrogens with one attached hydrogen (secondary N) is 1. The highest BCUT2D eigenvalue weighted by molar-refractivity contribution is 7.98. The summed E-state index contributed by atoms with van der Waals surface area (Å²) in [6, 6.07) is 7.64. The zero-order valence-electron chi connectivity index (χ0n) is 12.2. The van der Waals surface area contributed by atoms with Crippen molar-refractivity contribution in [2.24, 2.45) is 0 Å². The van der Waals surface area contributed by atoms with Crippen LogP contribution < -0.4 is 4.72 Å². The maximum atomic E-state index is 13.1. The van der Waals surface area contributed by atoms with E-state index < -0.39 is 21.7 Å². The van der Waals surface area contributed by atoms with E-state index in [9.17, 15) is 17.2 Å². The largest absolute Gasteiger partial charge is 0.240 e. The van der Waals surface area contributed by atoms with Gasteiger partial charge in [0, 0.05) is 28.1 Å². The van der Waals surface area contributed by atoms with Gasteiger partial charge in [0.25, 0.3) is 0 Å². The number of halogens is 4. The van der Waals surface area contributed by atoms with E-state index in [4.69, 9.17) is 23.2 Å². The number of hydrogen-bond donors (Lipinski definition) is 1. The van der Waals surface area contributed by atoms with Crippen LogP contribution in [0.2, 0.25) is 10.0 Å². The molecule has 130 valence electrons. The molecule has 0 fully saturated rings. The van der Waals surface area contributed by atoms with Gasteiger partial charge < -0.3 is 0 Å². The third-order valence-corrected chi connectivity index (χ3v) is 6.20. The van der Waals surface area contributed by atoms with Gasteiger partial charge in [0.15, 0.2) is 11.6 Å². The van der Waals surface area contributed by atoms with Crippen LogP contribution in [0.4, 0.5) is 8.78 Å². The summed E-state index contributed by atoms with van der Waals surface area (Å²) in [5.74, 6) is -1.31. The highest BCUT2D eigenvalue weighted by Crippen LogP contribution is 2.28. The molecule has 0 aromatic heterocycles. The average Bonchev–Trinajstić information content (AvgIpc) is 2.52. The van der Waals surface area contributed by atoms with Crippen LogP contribution in [0.5, 0.6) is 0 Å². The molecule has 0 amide bonds. The number of hydrogen-bond acceptors (Lipinski definition) is 3. The topological polar surface area (TPSA) is 46.2 Å². The molecule has 0 radical (unpaired) electrons. The minimum absolute atomic E-state index is 0.133. The second-order valence-corrected chi connectivity index (χ2v) is 8.41. The number of rotatable bonds is 7. The fourth-order valence-electron chi connectivity index (χ4n) is 1.82. The fraction of sp³-hybridized carbons (Fsp3) is 0.200. The first-order valence-corrected chi connectivity index (χ1v) is 10.2. The summed E-state index contributed by atoms with van der Waals surface area (Å²) >= 11 is 13.5. The maximum absolute atomic E-state index is 13.1. The van der Waals surface area contributed by atoms with Gasteiger partial charge in [0.05, 0.1) is 4.90 Å². The Morgan fingerprint density at radius 1 is 1.04 bits per heavy atom. The van der Waals surface area contributed by atoms with E-state index in [1.54, 1.807) is 18.2 Å². The molecule has 0 bridgehead atoms. The molecule has 24 heavy (non-hydrogen) atoms. The molecule has 2 aromatic rings. The van der Waals surface area contributed by atoms with Crippen molar-refractivity contribution in [2.45, 2.75) is 10.6 Å². The molecule has 0 aliphatic rings. The Kier molecular flexibility index (Phi) is 6.88. The molecule has 0 atom stereocenters. The van der Waals surface area contributed by atoms with Crippen molar-refractivity contribution in [3.05, 3.63) is 63.6 Å². The van der Waals surface area contributed by atoms with Gasteiger partial charge in [-0.25, -0.2) is 21.9 Å². The molecule has 0 spiro atoms. The molecule has 2 aromatic carbocycles. The van der Waals surface area contributed by atoms with Crippen LogP contribution in [0, 0.1) is 11.6 Å². The average molecular weight is 412 g/mol. The molecular formula is C15H13Cl2F2NO2S2. The second kappa shape index (κ2) is 8.49. The van der Waals surface area contributed by atoms with Gasteiger partial charge in [-0.2, -0.15) is 11.8 Å². The summed E-state index contributed by atoms with van der Waals surface area (Å²) in [5, 5.41) is 1.11. The Labute approximate surface area is 153 Å². The predicted molar refractivity (Wildman–Crippen MR) is 94.2 cm³/mol. The summed E-state index contributed by atoms with van der Waals surface area (Å²) in [7, 11) is -3.88. The molecule has 0 aliphatic heterocycles. The van der Waals surface area contributed by atoms with Gasteiger partial charge in [-0.1, -0.05) is 29.3 Å². The SMILES string of the molecule is O=S(=O)(NCCSCc1c(Cl)cccc1Cl)c1ccc(F)c(F)c1. The van der Waals surface area contributed by atoms with Crippen molar-refractivity contribution in [3.8, 4) is 0 Å². The first kappa shape index (κ1) is 19.5. The van der Waals surface area contributed by atoms with Crippen LogP contribution in [-0.4, -0.2) is 20.7 Å².